The molecule has 1 aromatic heterocycles. The molecule has 0 saturated heterocycles. The molecule has 0 fully saturated rings. The van der Waals surface area contributed by atoms with E-state index in [0.29, 0.717) is 6.54 Å². The SMILES string of the molecule is CCC(CC)C(=O)NCc1cnn(-c2ccccc2)c1. The second-order valence-electron chi connectivity index (χ2n) is 4.86. The fourth-order valence-electron chi connectivity index (χ4n) is 2.17. The van der Waals surface area contributed by atoms with E-state index in [4.69, 9.17) is 0 Å². The number of carbonyl (C=O) groups is 1. The molecule has 106 valence electrons. The van der Waals surface area contributed by atoms with Crippen molar-refractivity contribution in [1.82, 2.24) is 15.1 Å². The standard InChI is InChI=1S/C16H21N3O/c1-3-14(4-2)16(20)17-10-13-11-18-19(12-13)15-8-6-5-7-9-15/h5-9,11-12,14H,3-4,10H2,1-2H3,(H,17,20). The lowest BCUT2D eigenvalue weighted by Crippen LogP contribution is -2.29. The molecule has 0 unspecified atom stereocenters. The Morgan fingerprint density at radius 2 is 1.95 bits per heavy atom. The topological polar surface area (TPSA) is 46.9 Å². The molecule has 20 heavy (non-hydrogen) atoms. The maximum Gasteiger partial charge on any atom is 0.223 e. The van der Waals surface area contributed by atoms with Crippen molar-refractivity contribution >= 4 is 5.91 Å². The van der Waals surface area contributed by atoms with Crippen LogP contribution in [-0.4, -0.2) is 15.7 Å². The number of para-hydroxylation sites is 1. The van der Waals surface area contributed by atoms with E-state index in [1.807, 2.05) is 55.1 Å². The van der Waals surface area contributed by atoms with Gasteiger partial charge in [0.05, 0.1) is 11.9 Å². The Labute approximate surface area is 119 Å². The van der Waals surface area contributed by atoms with E-state index in [9.17, 15) is 4.79 Å². The lowest BCUT2D eigenvalue weighted by atomic mass is 10.0. The van der Waals surface area contributed by atoms with Crippen LogP contribution in [0.4, 0.5) is 0 Å². The van der Waals surface area contributed by atoms with Crippen LogP contribution >= 0.6 is 0 Å². The van der Waals surface area contributed by atoms with Gasteiger partial charge in [0, 0.05) is 24.2 Å². The van der Waals surface area contributed by atoms with Crippen LogP contribution in [0, 0.1) is 5.92 Å². The second kappa shape index (κ2) is 6.89. The Morgan fingerprint density at radius 3 is 2.60 bits per heavy atom. The first-order chi connectivity index (χ1) is 9.74. The monoisotopic (exact) mass is 271 g/mol. The number of rotatable bonds is 6. The predicted molar refractivity (Wildman–Crippen MR) is 79.5 cm³/mol. The number of aromatic nitrogens is 2. The summed E-state index contributed by atoms with van der Waals surface area (Å²) in [6, 6.07) is 9.93. The van der Waals surface area contributed by atoms with Gasteiger partial charge in [-0.3, -0.25) is 4.79 Å². The van der Waals surface area contributed by atoms with Crippen molar-refractivity contribution < 1.29 is 4.79 Å². The molecule has 2 aromatic rings. The van der Waals surface area contributed by atoms with Crippen LogP contribution < -0.4 is 5.32 Å². The van der Waals surface area contributed by atoms with Gasteiger partial charge in [-0.2, -0.15) is 5.10 Å². The van der Waals surface area contributed by atoms with Crippen molar-refractivity contribution in [3.05, 3.63) is 48.3 Å². The fourth-order valence-corrected chi connectivity index (χ4v) is 2.17. The van der Waals surface area contributed by atoms with Gasteiger partial charge in [-0.1, -0.05) is 32.0 Å². The minimum atomic E-state index is 0.110. The van der Waals surface area contributed by atoms with Gasteiger partial charge in [0.25, 0.3) is 0 Å². The summed E-state index contributed by atoms with van der Waals surface area (Å²) in [5.74, 6) is 0.238. The lowest BCUT2D eigenvalue weighted by molar-refractivity contribution is -0.125. The molecule has 4 nitrogen and oxygen atoms in total. The Hall–Kier alpha value is -2.10. The highest BCUT2D eigenvalue weighted by Gasteiger charge is 2.13. The first-order valence-electron chi connectivity index (χ1n) is 7.11. The van der Waals surface area contributed by atoms with E-state index in [1.54, 1.807) is 6.20 Å². The summed E-state index contributed by atoms with van der Waals surface area (Å²) in [6.07, 6.45) is 5.50. The van der Waals surface area contributed by atoms with Crippen molar-refractivity contribution in [1.29, 1.82) is 0 Å². The van der Waals surface area contributed by atoms with E-state index in [0.717, 1.165) is 24.1 Å². The Kier molecular flexibility index (Phi) is 4.93. The maximum atomic E-state index is 11.9. The maximum absolute atomic E-state index is 11.9. The molecule has 1 heterocycles. The normalized spacial score (nSPS) is 10.8. The third-order valence-corrected chi connectivity index (χ3v) is 3.48. The third-order valence-electron chi connectivity index (χ3n) is 3.48. The molecule has 0 radical (unpaired) electrons. The molecule has 2 rings (SSSR count). The van der Waals surface area contributed by atoms with E-state index < -0.39 is 0 Å². The number of nitrogens with one attached hydrogen (secondary N) is 1. The lowest BCUT2D eigenvalue weighted by Gasteiger charge is -2.11. The van der Waals surface area contributed by atoms with E-state index in [-0.39, 0.29) is 11.8 Å². The van der Waals surface area contributed by atoms with Crippen molar-refractivity contribution in [3.63, 3.8) is 0 Å². The van der Waals surface area contributed by atoms with Crippen LogP contribution in [0.5, 0.6) is 0 Å². The summed E-state index contributed by atoms with van der Waals surface area (Å²) in [4.78, 5) is 11.9. The Morgan fingerprint density at radius 1 is 1.25 bits per heavy atom. The van der Waals surface area contributed by atoms with Crippen LogP contribution in [0.3, 0.4) is 0 Å². The molecule has 0 spiro atoms. The number of benzene rings is 1. The average Bonchev–Trinajstić information content (AvgIpc) is 2.96. The fraction of sp³-hybridized carbons (Fsp3) is 0.375. The number of carbonyl (C=O) groups excluding carboxylic acids is 1. The van der Waals surface area contributed by atoms with Gasteiger partial charge >= 0.3 is 0 Å². The summed E-state index contributed by atoms with van der Waals surface area (Å²) < 4.78 is 1.82. The molecule has 1 N–H and O–H groups in total. The average molecular weight is 271 g/mol. The van der Waals surface area contributed by atoms with Crippen molar-refractivity contribution in [2.24, 2.45) is 5.92 Å². The zero-order valence-electron chi connectivity index (χ0n) is 12.0. The summed E-state index contributed by atoms with van der Waals surface area (Å²) in [7, 11) is 0. The molecule has 0 aliphatic carbocycles. The summed E-state index contributed by atoms with van der Waals surface area (Å²) in [5.41, 5.74) is 2.03. The summed E-state index contributed by atoms with van der Waals surface area (Å²) >= 11 is 0. The largest absolute Gasteiger partial charge is 0.352 e. The highest BCUT2D eigenvalue weighted by molar-refractivity contribution is 5.78. The molecule has 0 saturated carbocycles. The molecule has 0 atom stereocenters. The van der Waals surface area contributed by atoms with Crippen LogP contribution in [0.15, 0.2) is 42.7 Å². The number of nitrogens with zero attached hydrogens (tertiary/aromatic N) is 2. The first-order valence-corrected chi connectivity index (χ1v) is 7.11. The van der Waals surface area contributed by atoms with Gasteiger partial charge in [0.2, 0.25) is 5.91 Å². The minimum absolute atomic E-state index is 0.110. The summed E-state index contributed by atoms with van der Waals surface area (Å²) in [6.45, 7) is 4.62. The van der Waals surface area contributed by atoms with Gasteiger partial charge in [0.1, 0.15) is 0 Å². The molecular weight excluding hydrogens is 250 g/mol. The zero-order valence-corrected chi connectivity index (χ0v) is 12.0. The van der Waals surface area contributed by atoms with Crippen molar-refractivity contribution in [2.75, 3.05) is 0 Å². The van der Waals surface area contributed by atoms with Crippen molar-refractivity contribution in [3.8, 4) is 5.69 Å². The van der Waals surface area contributed by atoms with Gasteiger partial charge in [-0.25, -0.2) is 4.68 Å². The molecule has 0 bridgehead atoms. The highest BCUT2D eigenvalue weighted by atomic mass is 16.1. The van der Waals surface area contributed by atoms with Gasteiger partial charge in [-0.05, 0) is 25.0 Å². The van der Waals surface area contributed by atoms with E-state index >= 15 is 0 Å². The Bertz CT molecular complexity index is 544. The number of hydrogen-bond donors (Lipinski definition) is 1. The zero-order chi connectivity index (χ0) is 14.4. The molecule has 1 aromatic carbocycles. The van der Waals surface area contributed by atoms with Crippen LogP contribution in [0.2, 0.25) is 0 Å². The third kappa shape index (κ3) is 3.47. The Balaban J connectivity index is 1.95. The van der Waals surface area contributed by atoms with Gasteiger partial charge in [0.15, 0.2) is 0 Å². The van der Waals surface area contributed by atoms with Crippen LogP contribution in [0.25, 0.3) is 5.69 Å². The van der Waals surface area contributed by atoms with Gasteiger partial charge < -0.3 is 5.32 Å². The second-order valence-corrected chi connectivity index (χ2v) is 4.86. The first kappa shape index (κ1) is 14.3. The molecular formula is C16H21N3O. The molecule has 1 amide bonds. The molecule has 0 aliphatic rings. The van der Waals surface area contributed by atoms with E-state index in [2.05, 4.69) is 10.4 Å². The van der Waals surface area contributed by atoms with Crippen LogP contribution in [-0.2, 0) is 11.3 Å². The number of hydrogen-bond acceptors (Lipinski definition) is 2. The van der Waals surface area contributed by atoms with Crippen LogP contribution in [0.1, 0.15) is 32.3 Å². The predicted octanol–water partition coefficient (Wildman–Crippen LogP) is 2.92. The highest BCUT2D eigenvalue weighted by Crippen LogP contribution is 2.09. The molecule has 0 aliphatic heterocycles. The molecule has 4 heteroatoms. The van der Waals surface area contributed by atoms with Gasteiger partial charge in [-0.15, -0.1) is 0 Å². The quantitative estimate of drug-likeness (QED) is 0.878. The number of amides is 1. The minimum Gasteiger partial charge on any atom is -0.352 e. The summed E-state index contributed by atoms with van der Waals surface area (Å²) in [5, 5.41) is 7.29. The van der Waals surface area contributed by atoms with E-state index in [1.165, 1.54) is 0 Å². The smallest absolute Gasteiger partial charge is 0.223 e. The van der Waals surface area contributed by atoms with Crippen molar-refractivity contribution in [2.45, 2.75) is 33.2 Å².